The number of nitrogens with one attached hydrogen (secondary N) is 1. The molecule has 0 unspecified atom stereocenters. The Hall–Kier alpha value is -2.52. The van der Waals surface area contributed by atoms with Crippen LogP contribution in [0.4, 0.5) is 5.82 Å². The molecule has 0 saturated carbocycles. The second-order valence-electron chi connectivity index (χ2n) is 6.39. The largest absolute Gasteiger partial charge is 0.465 e. The molecule has 1 N–H and O–H groups in total. The van der Waals surface area contributed by atoms with E-state index in [1.165, 1.54) is 12.7 Å². The molecule has 3 aromatic rings. The molecule has 3 heterocycles. The monoisotopic (exact) mass is 430 g/mol. The van der Waals surface area contributed by atoms with Crippen molar-refractivity contribution in [2.24, 2.45) is 0 Å². The molecule has 0 spiro atoms. The zero-order chi connectivity index (χ0) is 18.8. The molecule has 8 nitrogen and oxygen atoms in total. The molecular weight excluding hydrogens is 412 g/mol. The van der Waals surface area contributed by atoms with Crippen molar-refractivity contribution in [3.05, 3.63) is 46.3 Å². The number of halogens is 1. The van der Waals surface area contributed by atoms with E-state index in [0.717, 1.165) is 54.2 Å². The van der Waals surface area contributed by atoms with Gasteiger partial charge in [0.1, 0.15) is 16.7 Å². The van der Waals surface area contributed by atoms with E-state index in [1.54, 1.807) is 6.33 Å². The van der Waals surface area contributed by atoms with E-state index in [2.05, 4.69) is 45.9 Å². The van der Waals surface area contributed by atoms with Crippen LogP contribution in [0.3, 0.4) is 0 Å². The van der Waals surface area contributed by atoms with Gasteiger partial charge in [0.15, 0.2) is 5.65 Å². The summed E-state index contributed by atoms with van der Waals surface area (Å²) in [6, 6.07) is 7.58. The molecule has 0 radical (unpaired) electrons. The third kappa shape index (κ3) is 3.65. The highest BCUT2D eigenvalue weighted by atomic mass is 79.9. The Morgan fingerprint density at radius 3 is 2.63 bits per heavy atom. The maximum absolute atomic E-state index is 11.5. The molecule has 1 aliphatic rings. The highest BCUT2D eigenvalue weighted by Gasteiger charge is 2.22. The summed E-state index contributed by atoms with van der Waals surface area (Å²) in [5.41, 5.74) is 2.49. The minimum Gasteiger partial charge on any atom is -0.465 e. The van der Waals surface area contributed by atoms with Crippen LogP contribution in [0.5, 0.6) is 0 Å². The first-order chi connectivity index (χ1) is 13.2. The van der Waals surface area contributed by atoms with Gasteiger partial charge in [-0.15, -0.1) is 0 Å². The molecule has 1 saturated heterocycles. The number of anilines is 1. The first-order valence-corrected chi connectivity index (χ1v) is 9.44. The van der Waals surface area contributed by atoms with Crippen molar-refractivity contribution in [1.29, 1.82) is 0 Å². The topological polar surface area (TPSA) is 87.2 Å². The van der Waals surface area contributed by atoms with E-state index in [9.17, 15) is 4.79 Å². The minimum absolute atomic E-state index is 0.309. The number of aromatic amines is 1. The standard InChI is InChI=1S/C18H19BrN6O2/c1-27-18(26)13-4-2-12(3-5-13)10-24-6-8-25(9-7-24)17-14-15(19)22-23-16(14)20-11-21-17/h2-5,11H,6-10H2,1H3,(H,20,21,22,23). The van der Waals surface area contributed by atoms with Crippen LogP contribution in [0.15, 0.2) is 35.2 Å². The third-order valence-corrected chi connectivity index (χ3v) is 5.32. The first kappa shape index (κ1) is 17.9. The fraction of sp³-hybridized carbons (Fsp3) is 0.333. The number of H-pyrrole nitrogens is 1. The first-order valence-electron chi connectivity index (χ1n) is 8.65. The van der Waals surface area contributed by atoms with Crippen molar-refractivity contribution in [3.8, 4) is 0 Å². The second kappa shape index (κ2) is 7.61. The van der Waals surface area contributed by atoms with Crippen LogP contribution < -0.4 is 4.90 Å². The lowest BCUT2D eigenvalue weighted by Crippen LogP contribution is -2.46. The highest BCUT2D eigenvalue weighted by Crippen LogP contribution is 2.28. The Balaban J connectivity index is 1.40. The maximum Gasteiger partial charge on any atom is 0.337 e. The quantitative estimate of drug-likeness (QED) is 0.634. The zero-order valence-corrected chi connectivity index (χ0v) is 16.4. The number of nitrogens with zero attached hydrogens (tertiary/aromatic N) is 5. The van der Waals surface area contributed by atoms with E-state index in [4.69, 9.17) is 4.74 Å². The van der Waals surface area contributed by atoms with Gasteiger partial charge in [-0.05, 0) is 33.6 Å². The second-order valence-corrected chi connectivity index (χ2v) is 7.14. The smallest absolute Gasteiger partial charge is 0.337 e. The van der Waals surface area contributed by atoms with E-state index in [0.29, 0.717) is 5.56 Å². The predicted octanol–water partition coefficient (Wildman–Crippen LogP) is 2.22. The van der Waals surface area contributed by atoms with Gasteiger partial charge >= 0.3 is 5.97 Å². The van der Waals surface area contributed by atoms with Gasteiger partial charge in [-0.1, -0.05) is 12.1 Å². The van der Waals surface area contributed by atoms with Crippen molar-refractivity contribution in [2.45, 2.75) is 6.54 Å². The normalized spacial score (nSPS) is 15.3. The summed E-state index contributed by atoms with van der Waals surface area (Å²) in [5, 5.41) is 7.99. The van der Waals surface area contributed by atoms with E-state index in [-0.39, 0.29) is 5.97 Å². The van der Waals surface area contributed by atoms with E-state index >= 15 is 0 Å². The molecule has 140 valence electrons. The lowest BCUT2D eigenvalue weighted by Gasteiger charge is -2.35. The van der Waals surface area contributed by atoms with Gasteiger partial charge in [-0.2, -0.15) is 5.10 Å². The van der Waals surface area contributed by atoms with Gasteiger partial charge < -0.3 is 9.64 Å². The number of hydrogen-bond acceptors (Lipinski definition) is 7. The highest BCUT2D eigenvalue weighted by molar-refractivity contribution is 9.10. The van der Waals surface area contributed by atoms with Crippen LogP contribution in [0.25, 0.3) is 11.0 Å². The molecular formula is C18H19BrN6O2. The fourth-order valence-electron chi connectivity index (χ4n) is 3.29. The van der Waals surface area contributed by atoms with E-state index < -0.39 is 0 Å². The summed E-state index contributed by atoms with van der Waals surface area (Å²) in [6.07, 6.45) is 1.57. The number of methoxy groups -OCH3 is 1. The van der Waals surface area contributed by atoms with Crippen molar-refractivity contribution >= 4 is 38.8 Å². The van der Waals surface area contributed by atoms with Crippen molar-refractivity contribution in [1.82, 2.24) is 25.1 Å². The number of benzene rings is 1. The van der Waals surface area contributed by atoms with Crippen LogP contribution in [0.2, 0.25) is 0 Å². The van der Waals surface area contributed by atoms with E-state index in [1.807, 2.05) is 24.3 Å². The molecule has 9 heteroatoms. The van der Waals surface area contributed by atoms with Gasteiger partial charge in [0.2, 0.25) is 0 Å². The summed E-state index contributed by atoms with van der Waals surface area (Å²) < 4.78 is 5.47. The number of esters is 1. The Morgan fingerprint density at radius 1 is 1.19 bits per heavy atom. The summed E-state index contributed by atoms with van der Waals surface area (Å²) in [6.45, 7) is 4.47. The lowest BCUT2D eigenvalue weighted by molar-refractivity contribution is 0.0600. The van der Waals surface area contributed by atoms with Crippen molar-refractivity contribution < 1.29 is 9.53 Å². The molecule has 1 aromatic carbocycles. The lowest BCUT2D eigenvalue weighted by atomic mass is 10.1. The third-order valence-electron chi connectivity index (χ3n) is 4.75. The molecule has 1 fully saturated rings. The van der Waals surface area contributed by atoms with Gasteiger partial charge in [0.05, 0.1) is 18.1 Å². The molecule has 27 heavy (non-hydrogen) atoms. The number of carbonyl (C=O) groups is 1. The number of hydrogen-bond donors (Lipinski definition) is 1. The number of rotatable bonds is 4. The van der Waals surface area contributed by atoms with Crippen LogP contribution >= 0.6 is 15.9 Å². The molecule has 0 bridgehead atoms. The molecule has 4 rings (SSSR count). The van der Waals surface area contributed by atoms with Crippen molar-refractivity contribution in [2.75, 3.05) is 38.2 Å². The Labute approximate surface area is 164 Å². The van der Waals surface area contributed by atoms with Gasteiger partial charge in [-0.3, -0.25) is 10.00 Å². The summed E-state index contributed by atoms with van der Waals surface area (Å²) in [4.78, 5) is 24.9. The Kier molecular flexibility index (Phi) is 5.04. The maximum atomic E-state index is 11.5. The van der Waals surface area contributed by atoms with Gasteiger partial charge in [-0.25, -0.2) is 14.8 Å². The van der Waals surface area contributed by atoms with Crippen LogP contribution in [0.1, 0.15) is 15.9 Å². The van der Waals surface area contributed by atoms with Gasteiger partial charge in [0.25, 0.3) is 0 Å². The molecule has 1 aliphatic heterocycles. The fourth-order valence-corrected chi connectivity index (χ4v) is 3.74. The molecule has 2 aromatic heterocycles. The van der Waals surface area contributed by atoms with Gasteiger partial charge in [0, 0.05) is 32.7 Å². The SMILES string of the molecule is COC(=O)c1ccc(CN2CCN(c3ncnc4[nH]nc(Br)c34)CC2)cc1. The summed E-state index contributed by atoms with van der Waals surface area (Å²) in [7, 11) is 1.39. The number of carbonyl (C=O) groups excluding carboxylic acids is 1. The average Bonchev–Trinajstić information content (AvgIpc) is 3.10. The average molecular weight is 431 g/mol. The van der Waals surface area contributed by atoms with Crippen LogP contribution in [-0.4, -0.2) is 64.3 Å². The number of fused-ring (bicyclic) bond motifs is 1. The van der Waals surface area contributed by atoms with Crippen LogP contribution in [0, 0.1) is 0 Å². The summed E-state index contributed by atoms with van der Waals surface area (Å²) in [5.74, 6) is 0.597. The molecule has 0 amide bonds. The predicted molar refractivity (Wildman–Crippen MR) is 105 cm³/mol. The minimum atomic E-state index is -0.309. The number of piperazine rings is 1. The number of aromatic nitrogens is 4. The summed E-state index contributed by atoms with van der Waals surface area (Å²) >= 11 is 3.47. The Bertz CT molecular complexity index is 950. The van der Waals surface area contributed by atoms with Crippen molar-refractivity contribution in [3.63, 3.8) is 0 Å². The zero-order valence-electron chi connectivity index (χ0n) is 14.9. The van der Waals surface area contributed by atoms with Crippen LogP contribution in [-0.2, 0) is 11.3 Å². The molecule has 0 atom stereocenters. The Morgan fingerprint density at radius 2 is 1.93 bits per heavy atom. The molecule has 0 aliphatic carbocycles. The number of ether oxygens (including phenoxy) is 1.